The van der Waals surface area contributed by atoms with E-state index in [9.17, 15) is 9.90 Å². The van der Waals surface area contributed by atoms with Crippen molar-refractivity contribution in [2.24, 2.45) is 5.92 Å². The van der Waals surface area contributed by atoms with Gasteiger partial charge in [-0.25, -0.2) is 0 Å². The molecular formula is C20H26N2O2. The molecule has 2 N–H and O–H groups in total. The van der Waals surface area contributed by atoms with Crippen LogP contribution in [0.4, 0.5) is 5.69 Å². The van der Waals surface area contributed by atoms with Crippen molar-refractivity contribution in [1.29, 1.82) is 0 Å². The third kappa shape index (κ3) is 3.77. The van der Waals surface area contributed by atoms with Gasteiger partial charge < -0.3 is 10.4 Å². The maximum Gasteiger partial charge on any atom is 0.241 e. The van der Waals surface area contributed by atoms with Crippen molar-refractivity contribution in [2.45, 2.75) is 38.8 Å². The van der Waals surface area contributed by atoms with Crippen molar-refractivity contribution in [1.82, 2.24) is 4.90 Å². The molecule has 4 nitrogen and oxygen atoms in total. The Hall–Kier alpha value is -1.91. The molecule has 24 heavy (non-hydrogen) atoms. The number of nitrogens with zero attached hydrogens (tertiary/aromatic N) is 1. The number of carbonyl (C=O) groups is 1. The molecule has 2 atom stereocenters. The van der Waals surface area contributed by atoms with E-state index in [1.165, 1.54) is 5.39 Å². The maximum atomic E-state index is 12.6. The average Bonchev–Trinajstić information content (AvgIpc) is 2.61. The Morgan fingerprint density at radius 1 is 1.12 bits per heavy atom. The van der Waals surface area contributed by atoms with Crippen molar-refractivity contribution in [2.75, 3.05) is 18.4 Å². The fourth-order valence-electron chi connectivity index (χ4n) is 3.47. The van der Waals surface area contributed by atoms with E-state index in [-0.39, 0.29) is 18.1 Å². The highest BCUT2D eigenvalue weighted by Crippen LogP contribution is 2.23. The summed E-state index contributed by atoms with van der Waals surface area (Å²) < 4.78 is 0. The molecule has 2 unspecified atom stereocenters. The molecule has 0 aliphatic carbocycles. The number of hydrogen-bond donors (Lipinski definition) is 2. The van der Waals surface area contributed by atoms with E-state index in [2.05, 4.69) is 22.3 Å². The van der Waals surface area contributed by atoms with Gasteiger partial charge >= 0.3 is 0 Å². The number of nitrogens with one attached hydrogen (secondary N) is 1. The average molecular weight is 326 g/mol. The Morgan fingerprint density at radius 2 is 1.79 bits per heavy atom. The zero-order valence-electron chi connectivity index (χ0n) is 14.4. The lowest BCUT2D eigenvalue weighted by Crippen LogP contribution is -2.47. The van der Waals surface area contributed by atoms with Crippen LogP contribution in [0.2, 0.25) is 0 Å². The molecule has 1 aliphatic heterocycles. The second-order valence-electron chi connectivity index (χ2n) is 6.84. The summed E-state index contributed by atoms with van der Waals surface area (Å²) in [5, 5.41) is 15.0. The molecule has 4 heteroatoms. The largest absolute Gasteiger partial charge is 0.393 e. The van der Waals surface area contributed by atoms with Crippen molar-refractivity contribution < 1.29 is 9.90 Å². The molecule has 0 aromatic heterocycles. The SMILES string of the molecule is CC(O)C1CCN(C(C)C(=O)Nc2ccc3ccccc3c2)CC1. The quantitative estimate of drug-likeness (QED) is 0.907. The van der Waals surface area contributed by atoms with Crippen LogP contribution in [0.15, 0.2) is 42.5 Å². The summed E-state index contributed by atoms with van der Waals surface area (Å²) in [5.41, 5.74) is 0.837. The van der Waals surface area contributed by atoms with Crippen LogP contribution in [0.3, 0.4) is 0 Å². The molecule has 1 heterocycles. The lowest BCUT2D eigenvalue weighted by molar-refractivity contribution is -0.121. The standard InChI is InChI=1S/C20H26N2O2/c1-14(22-11-9-16(10-12-22)15(2)23)20(24)21-19-8-7-17-5-3-4-6-18(17)13-19/h3-8,13-16,23H,9-12H2,1-2H3,(H,21,24). The molecule has 0 saturated carbocycles. The summed E-state index contributed by atoms with van der Waals surface area (Å²) in [7, 11) is 0. The van der Waals surface area contributed by atoms with Gasteiger partial charge in [0.05, 0.1) is 12.1 Å². The van der Waals surface area contributed by atoms with Crippen molar-refractivity contribution in [3.63, 3.8) is 0 Å². The Bertz CT molecular complexity index is 706. The Balaban J connectivity index is 1.61. The number of benzene rings is 2. The fraction of sp³-hybridized carbons (Fsp3) is 0.450. The van der Waals surface area contributed by atoms with Crippen LogP contribution < -0.4 is 5.32 Å². The molecule has 128 valence electrons. The number of anilines is 1. The zero-order chi connectivity index (χ0) is 17.1. The summed E-state index contributed by atoms with van der Waals surface area (Å²) in [6.45, 7) is 5.54. The van der Waals surface area contributed by atoms with Crippen molar-refractivity contribution >= 4 is 22.4 Å². The number of aliphatic hydroxyl groups excluding tert-OH is 1. The topological polar surface area (TPSA) is 52.6 Å². The zero-order valence-corrected chi connectivity index (χ0v) is 14.4. The van der Waals surface area contributed by atoms with Crippen LogP contribution in [0.1, 0.15) is 26.7 Å². The van der Waals surface area contributed by atoms with Crippen LogP contribution in [-0.2, 0) is 4.79 Å². The number of rotatable bonds is 4. The number of aliphatic hydroxyl groups is 1. The first-order valence-corrected chi connectivity index (χ1v) is 8.76. The smallest absolute Gasteiger partial charge is 0.241 e. The van der Waals surface area contributed by atoms with E-state index in [0.29, 0.717) is 5.92 Å². The molecule has 0 radical (unpaired) electrons. The van der Waals surface area contributed by atoms with E-state index < -0.39 is 0 Å². The van der Waals surface area contributed by atoms with Gasteiger partial charge in [-0.3, -0.25) is 9.69 Å². The van der Waals surface area contributed by atoms with Gasteiger partial charge in [0.1, 0.15) is 0 Å². The molecule has 0 bridgehead atoms. The lowest BCUT2D eigenvalue weighted by Gasteiger charge is -2.36. The van der Waals surface area contributed by atoms with Crippen LogP contribution in [-0.4, -0.2) is 41.1 Å². The Kier molecular flexibility index (Phi) is 5.17. The monoisotopic (exact) mass is 326 g/mol. The lowest BCUT2D eigenvalue weighted by atomic mass is 9.91. The van der Waals surface area contributed by atoms with E-state index in [0.717, 1.165) is 37.0 Å². The first-order chi connectivity index (χ1) is 11.5. The summed E-state index contributed by atoms with van der Waals surface area (Å²) >= 11 is 0. The molecule has 2 aromatic rings. The summed E-state index contributed by atoms with van der Waals surface area (Å²) in [4.78, 5) is 14.8. The number of fused-ring (bicyclic) bond motifs is 1. The molecule has 1 saturated heterocycles. The highest BCUT2D eigenvalue weighted by molar-refractivity contribution is 5.97. The van der Waals surface area contributed by atoms with Gasteiger partial charge in [0.15, 0.2) is 0 Å². The Labute approximate surface area is 143 Å². The number of piperidine rings is 1. The first kappa shape index (κ1) is 16.9. The first-order valence-electron chi connectivity index (χ1n) is 8.76. The van der Waals surface area contributed by atoms with Crippen molar-refractivity contribution in [3.05, 3.63) is 42.5 Å². The van der Waals surface area contributed by atoms with Crippen molar-refractivity contribution in [3.8, 4) is 0 Å². The van der Waals surface area contributed by atoms with E-state index in [4.69, 9.17) is 0 Å². The van der Waals surface area contributed by atoms with Gasteiger partial charge in [-0.15, -0.1) is 0 Å². The predicted molar refractivity (Wildman–Crippen MR) is 98.0 cm³/mol. The van der Waals surface area contributed by atoms with Crippen LogP contribution in [0.25, 0.3) is 10.8 Å². The normalized spacial score (nSPS) is 19.1. The molecular weight excluding hydrogens is 300 g/mol. The van der Waals surface area contributed by atoms with Crippen LogP contribution in [0, 0.1) is 5.92 Å². The summed E-state index contributed by atoms with van der Waals surface area (Å²) in [6.07, 6.45) is 1.64. The second-order valence-corrected chi connectivity index (χ2v) is 6.84. The second kappa shape index (κ2) is 7.32. The van der Waals surface area contributed by atoms with Gasteiger partial charge in [0.25, 0.3) is 0 Å². The highest BCUT2D eigenvalue weighted by atomic mass is 16.3. The summed E-state index contributed by atoms with van der Waals surface area (Å²) in [5.74, 6) is 0.387. The minimum Gasteiger partial charge on any atom is -0.393 e. The van der Waals surface area contributed by atoms with Crippen LogP contribution in [0.5, 0.6) is 0 Å². The Morgan fingerprint density at radius 3 is 2.46 bits per heavy atom. The molecule has 3 rings (SSSR count). The van der Waals surface area contributed by atoms with E-state index in [1.807, 2.05) is 44.2 Å². The van der Waals surface area contributed by atoms with Gasteiger partial charge in [0.2, 0.25) is 5.91 Å². The highest BCUT2D eigenvalue weighted by Gasteiger charge is 2.28. The van der Waals surface area contributed by atoms with E-state index >= 15 is 0 Å². The molecule has 1 amide bonds. The van der Waals surface area contributed by atoms with Crippen LogP contribution >= 0.6 is 0 Å². The maximum absolute atomic E-state index is 12.6. The fourth-order valence-corrected chi connectivity index (χ4v) is 3.47. The minimum atomic E-state index is -0.256. The van der Waals surface area contributed by atoms with Gasteiger partial charge in [-0.2, -0.15) is 0 Å². The predicted octanol–water partition coefficient (Wildman–Crippen LogP) is 3.26. The van der Waals surface area contributed by atoms with Gasteiger partial charge in [-0.05, 0) is 68.6 Å². The van der Waals surface area contributed by atoms with E-state index in [1.54, 1.807) is 0 Å². The number of amides is 1. The molecule has 1 aliphatic rings. The minimum absolute atomic E-state index is 0.0285. The number of carbonyl (C=O) groups excluding carboxylic acids is 1. The third-order valence-electron chi connectivity index (χ3n) is 5.20. The van der Waals surface area contributed by atoms with Gasteiger partial charge in [0, 0.05) is 5.69 Å². The van der Waals surface area contributed by atoms with Gasteiger partial charge in [-0.1, -0.05) is 30.3 Å². The third-order valence-corrected chi connectivity index (χ3v) is 5.20. The summed E-state index contributed by atoms with van der Waals surface area (Å²) in [6, 6.07) is 14.0. The molecule has 0 spiro atoms. The number of hydrogen-bond acceptors (Lipinski definition) is 3. The molecule has 2 aromatic carbocycles. The number of likely N-dealkylation sites (tertiary alicyclic amines) is 1. The molecule has 1 fully saturated rings.